The molecule has 2 aromatic carbocycles. The van der Waals surface area contributed by atoms with Gasteiger partial charge in [0.1, 0.15) is 0 Å². The molecule has 0 atom stereocenters. The van der Waals surface area contributed by atoms with Crippen molar-refractivity contribution in [2.45, 2.75) is 6.92 Å². The minimum absolute atomic E-state index is 0.242. The molecule has 4 rings (SSSR count). The van der Waals surface area contributed by atoms with E-state index >= 15 is 0 Å². The molecule has 0 unspecified atom stereocenters. The lowest BCUT2D eigenvalue weighted by Crippen LogP contribution is -2.09. The molecule has 0 bridgehead atoms. The first kappa shape index (κ1) is 19.5. The number of anilines is 1. The molecule has 2 aromatic heterocycles. The maximum absolute atomic E-state index is 12.2. The van der Waals surface area contributed by atoms with Gasteiger partial charge in [0.15, 0.2) is 0 Å². The van der Waals surface area contributed by atoms with Crippen LogP contribution in [0, 0.1) is 6.92 Å². The molecule has 0 radical (unpaired) electrons. The topological polar surface area (TPSA) is 85.6 Å². The maximum Gasteiger partial charge on any atom is 0.337 e. The number of thiazole rings is 1. The van der Waals surface area contributed by atoms with E-state index in [0.29, 0.717) is 10.5 Å². The predicted molar refractivity (Wildman–Crippen MR) is 116 cm³/mol. The molecule has 0 aliphatic carbocycles. The Morgan fingerprint density at radius 2 is 1.83 bits per heavy atom. The molecule has 8 heteroatoms. The lowest BCUT2D eigenvalue weighted by Gasteiger charge is -2.00. The zero-order valence-corrected chi connectivity index (χ0v) is 17.1. The second kappa shape index (κ2) is 8.30. The summed E-state index contributed by atoms with van der Waals surface area (Å²) in [7, 11) is 1.33. The number of nitrogens with one attached hydrogen (secondary N) is 1. The van der Waals surface area contributed by atoms with E-state index in [1.165, 1.54) is 30.1 Å². The predicted octanol–water partition coefficient (Wildman–Crippen LogP) is 4.20. The van der Waals surface area contributed by atoms with Crippen LogP contribution in [0.3, 0.4) is 0 Å². The number of ether oxygens (including phenoxy) is 1. The largest absolute Gasteiger partial charge is 0.465 e. The zero-order chi connectivity index (χ0) is 21.1. The molecule has 0 spiro atoms. The third-order valence-electron chi connectivity index (χ3n) is 4.42. The number of rotatable bonds is 5. The van der Waals surface area contributed by atoms with Crippen LogP contribution >= 0.6 is 11.3 Å². The van der Waals surface area contributed by atoms with Crippen LogP contribution in [0.5, 0.6) is 0 Å². The van der Waals surface area contributed by atoms with Gasteiger partial charge in [0, 0.05) is 17.0 Å². The molecular weight excluding hydrogens is 400 g/mol. The van der Waals surface area contributed by atoms with Gasteiger partial charge < -0.3 is 4.74 Å². The Morgan fingerprint density at radius 3 is 2.53 bits per heavy atom. The summed E-state index contributed by atoms with van der Waals surface area (Å²) >= 11 is 1.46. The fourth-order valence-electron chi connectivity index (χ4n) is 2.83. The number of esters is 1. The lowest BCUT2D eigenvalue weighted by molar-refractivity contribution is -0.111. The molecule has 4 aromatic rings. The molecule has 1 amide bonds. The summed E-state index contributed by atoms with van der Waals surface area (Å²) in [4.78, 5) is 28.8. The van der Waals surface area contributed by atoms with Crippen molar-refractivity contribution >= 4 is 40.2 Å². The Bertz CT molecular complexity index is 1240. The number of fused-ring (bicyclic) bond motifs is 1. The summed E-state index contributed by atoms with van der Waals surface area (Å²) < 4.78 is 6.39. The van der Waals surface area contributed by atoms with Gasteiger partial charge in [-0.15, -0.1) is 16.4 Å². The minimum Gasteiger partial charge on any atom is -0.465 e. The third kappa shape index (κ3) is 4.13. The molecule has 7 nitrogen and oxygen atoms in total. The van der Waals surface area contributed by atoms with Crippen LogP contribution in [0.4, 0.5) is 5.95 Å². The highest BCUT2D eigenvalue weighted by Crippen LogP contribution is 2.26. The van der Waals surface area contributed by atoms with Gasteiger partial charge in [0.2, 0.25) is 4.96 Å². The van der Waals surface area contributed by atoms with Crippen LogP contribution in [0.2, 0.25) is 0 Å². The second-order valence-corrected chi connectivity index (χ2v) is 7.39. The van der Waals surface area contributed by atoms with E-state index in [0.717, 1.165) is 16.8 Å². The van der Waals surface area contributed by atoms with Gasteiger partial charge in [-0.1, -0.05) is 42.0 Å². The van der Waals surface area contributed by atoms with Gasteiger partial charge in [0.25, 0.3) is 11.9 Å². The first-order valence-corrected chi connectivity index (χ1v) is 10.0. The van der Waals surface area contributed by atoms with E-state index in [1.807, 2.05) is 36.6 Å². The van der Waals surface area contributed by atoms with Crippen molar-refractivity contribution < 1.29 is 14.3 Å². The highest BCUT2D eigenvalue weighted by Gasteiger charge is 2.12. The summed E-state index contributed by atoms with van der Waals surface area (Å²) in [5, 5.41) is 9.07. The number of amides is 1. The molecule has 30 heavy (non-hydrogen) atoms. The highest BCUT2D eigenvalue weighted by atomic mass is 32.1. The van der Waals surface area contributed by atoms with Gasteiger partial charge in [-0.05, 0) is 30.7 Å². The summed E-state index contributed by atoms with van der Waals surface area (Å²) in [5.41, 5.74) is 4.36. The highest BCUT2D eigenvalue weighted by molar-refractivity contribution is 7.15. The number of carbonyl (C=O) groups excluding carboxylic acids is 2. The van der Waals surface area contributed by atoms with E-state index in [2.05, 4.69) is 20.1 Å². The average molecular weight is 418 g/mol. The van der Waals surface area contributed by atoms with Crippen molar-refractivity contribution in [3.8, 4) is 11.3 Å². The number of carbonyl (C=O) groups is 2. The standard InChI is InChI=1S/C22H18N4O3S/c1-14-3-8-16(9-4-14)18-13-30-22-24-21(25-26(18)22)23-19(27)12-7-15-5-10-17(11-6-15)20(28)29-2/h3-13H,1-2H3,(H,23,25,27)/b12-7+. The van der Waals surface area contributed by atoms with Crippen molar-refractivity contribution in [3.05, 3.63) is 76.7 Å². The Kier molecular flexibility index (Phi) is 5.40. The van der Waals surface area contributed by atoms with E-state index in [4.69, 9.17) is 0 Å². The molecular formula is C22H18N4O3S. The van der Waals surface area contributed by atoms with Crippen LogP contribution in [-0.4, -0.2) is 33.6 Å². The maximum atomic E-state index is 12.2. The average Bonchev–Trinajstić information content (AvgIpc) is 3.33. The normalized spacial score (nSPS) is 11.1. The van der Waals surface area contributed by atoms with Crippen LogP contribution in [-0.2, 0) is 9.53 Å². The lowest BCUT2D eigenvalue weighted by atomic mass is 10.1. The fraction of sp³-hybridized carbons (Fsp3) is 0.0909. The van der Waals surface area contributed by atoms with Crippen molar-refractivity contribution in [1.82, 2.24) is 14.6 Å². The van der Waals surface area contributed by atoms with Crippen LogP contribution < -0.4 is 5.32 Å². The molecule has 0 saturated carbocycles. The number of benzene rings is 2. The van der Waals surface area contributed by atoms with Crippen molar-refractivity contribution in [3.63, 3.8) is 0 Å². The van der Waals surface area contributed by atoms with E-state index in [-0.39, 0.29) is 11.9 Å². The molecule has 0 fully saturated rings. The Morgan fingerprint density at radius 1 is 1.10 bits per heavy atom. The zero-order valence-electron chi connectivity index (χ0n) is 16.3. The summed E-state index contributed by atoms with van der Waals surface area (Å²) in [6.07, 6.45) is 3.04. The molecule has 0 aliphatic heterocycles. The molecule has 2 heterocycles. The number of aromatic nitrogens is 3. The first-order chi connectivity index (χ1) is 14.5. The number of hydrogen-bond acceptors (Lipinski definition) is 6. The summed E-state index contributed by atoms with van der Waals surface area (Å²) in [5.74, 6) is -0.507. The van der Waals surface area contributed by atoms with Gasteiger partial charge in [-0.3, -0.25) is 10.1 Å². The monoisotopic (exact) mass is 418 g/mol. The molecule has 150 valence electrons. The number of hydrogen-bond donors (Lipinski definition) is 1. The van der Waals surface area contributed by atoms with Gasteiger partial charge >= 0.3 is 5.97 Å². The van der Waals surface area contributed by atoms with E-state index in [1.54, 1.807) is 34.9 Å². The van der Waals surface area contributed by atoms with Crippen molar-refractivity contribution in [1.29, 1.82) is 0 Å². The molecule has 0 saturated heterocycles. The van der Waals surface area contributed by atoms with Gasteiger partial charge in [0.05, 0.1) is 18.4 Å². The fourth-order valence-corrected chi connectivity index (χ4v) is 3.66. The second-order valence-electron chi connectivity index (χ2n) is 6.55. The van der Waals surface area contributed by atoms with Gasteiger partial charge in [-0.2, -0.15) is 4.98 Å². The molecule has 1 N–H and O–H groups in total. The summed E-state index contributed by atoms with van der Waals surface area (Å²) in [6.45, 7) is 2.04. The third-order valence-corrected chi connectivity index (χ3v) is 5.24. The van der Waals surface area contributed by atoms with Crippen LogP contribution in [0.1, 0.15) is 21.5 Å². The minimum atomic E-state index is -0.404. The van der Waals surface area contributed by atoms with Crippen molar-refractivity contribution in [2.24, 2.45) is 0 Å². The van der Waals surface area contributed by atoms with Crippen molar-refractivity contribution in [2.75, 3.05) is 12.4 Å². The number of methoxy groups -OCH3 is 1. The number of nitrogens with zero attached hydrogens (tertiary/aromatic N) is 3. The van der Waals surface area contributed by atoms with E-state index in [9.17, 15) is 9.59 Å². The Hall–Kier alpha value is -3.78. The molecule has 0 aliphatic rings. The van der Waals surface area contributed by atoms with E-state index < -0.39 is 5.97 Å². The Labute approximate surface area is 176 Å². The smallest absolute Gasteiger partial charge is 0.337 e. The quantitative estimate of drug-likeness (QED) is 0.388. The van der Waals surface area contributed by atoms with Crippen LogP contribution in [0.15, 0.2) is 60.0 Å². The van der Waals surface area contributed by atoms with Crippen LogP contribution in [0.25, 0.3) is 22.3 Å². The Balaban J connectivity index is 1.46. The SMILES string of the molecule is COC(=O)c1ccc(/C=C/C(=O)Nc2nc3scc(-c4ccc(C)cc4)n3n2)cc1. The number of aryl methyl sites for hydroxylation is 1. The summed E-state index contributed by atoms with van der Waals surface area (Å²) in [6, 6.07) is 14.9. The first-order valence-electron chi connectivity index (χ1n) is 9.12. The van der Waals surface area contributed by atoms with Gasteiger partial charge in [-0.25, -0.2) is 9.31 Å².